The molecule has 4 amide bonds. The number of hydrogen-bond acceptors (Lipinski definition) is 6. The maximum atomic E-state index is 13.4. The third-order valence-electron chi connectivity index (χ3n) is 7.22. The molecule has 2 aromatic carbocycles. The van der Waals surface area contributed by atoms with Crippen LogP contribution in [0.4, 0.5) is 0 Å². The second kappa shape index (κ2) is 19.4. The molecule has 0 spiro atoms. The largest absolute Gasteiger partial charge is 0.368 e. The van der Waals surface area contributed by atoms with Gasteiger partial charge in [0, 0.05) is 32.5 Å². The molecule has 0 aliphatic heterocycles. The molecule has 0 saturated carbocycles. The van der Waals surface area contributed by atoms with Crippen molar-refractivity contribution in [2.45, 2.75) is 39.5 Å². The number of nitrogens with two attached hydrogens (primary N) is 1. The van der Waals surface area contributed by atoms with Crippen LogP contribution >= 0.6 is 0 Å². The molecule has 0 aromatic heterocycles. The van der Waals surface area contributed by atoms with Crippen LogP contribution in [0.1, 0.15) is 50.7 Å². The third kappa shape index (κ3) is 12.8. The second-order valence-corrected chi connectivity index (χ2v) is 10.3. The Hall–Kier alpha value is -3.76. The van der Waals surface area contributed by atoms with Crippen LogP contribution in [0.5, 0.6) is 0 Å². The number of primary amides is 1. The molecule has 230 valence electrons. The normalized spacial score (nSPS) is 11.0. The van der Waals surface area contributed by atoms with Crippen molar-refractivity contribution < 1.29 is 19.2 Å². The van der Waals surface area contributed by atoms with E-state index in [0.717, 1.165) is 26.1 Å². The van der Waals surface area contributed by atoms with Crippen molar-refractivity contribution in [1.29, 1.82) is 0 Å². The highest BCUT2D eigenvalue weighted by atomic mass is 16.2. The van der Waals surface area contributed by atoms with Crippen LogP contribution in [-0.2, 0) is 19.2 Å². The Morgan fingerprint density at radius 2 is 1.33 bits per heavy atom. The van der Waals surface area contributed by atoms with Crippen molar-refractivity contribution in [2.75, 3.05) is 65.4 Å². The van der Waals surface area contributed by atoms with Gasteiger partial charge in [0.2, 0.25) is 23.6 Å². The summed E-state index contributed by atoms with van der Waals surface area (Å²) in [4.78, 5) is 54.5. The number of benzene rings is 2. The highest BCUT2D eigenvalue weighted by Crippen LogP contribution is 2.27. The molecule has 0 heterocycles. The third-order valence-corrected chi connectivity index (χ3v) is 7.22. The lowest BCUT2D eigenvalue weighted by molar-refractivity contribution is -0.141. The lowest BCUT2D eigenvalue weighted by atomic mass is 9.88. The smallest absolute Gasteiger partial charge is 0.242 e. The minimum atomic E-state index is -0.654. The first-order chi connectivity index (χ1) is 20.2. The molecule has 0 fully saturated rings. The summed E-state index contributed by atoms with van der Waals surface area (Å²) >= 11 is 0. The van der Waals surface area contributed by atoms with Gasteiger partial charge >= 0.3 is 0 Å². The Balaban J connectivity index is 2.04. The number of carbonyl (C=O) groups is 4. The zero-order valence-electron chi connectivity index (χ0n) is 25.4. The van der Waals surface area contributed by atoms with Crippen LogP contribution in [0.25, 0.3) is 0 Å². The quantitative estimate of drug-likeness (QED) is 0.205. The Bertz CT molecular complexity index is 1060. The van der Waals surface area contributed by atoms with E-state index in [0.29, 0.717) is 19.5 Å². The Labute approximate surface area is 250 Å². The summed E-state index contributed by atoms with van der Waals surface area (Å²) in [5, 5.41) is 5.92. The van der Waals surface area contributed by atoms with Gasteiger partial charge in [0.15, 0.2) is 0 Å². The Kier molecular flexibility index (Phi) is 15.9. The first-order valence-electron chi connectivity index (χ1n) is 14.9. The number of carbonyl (C=O) groups excluding carboxylic acids is 4. The predicted octanol–water partition coefficient (Wildman–Crippen LogP) is 1.81. The van der Waals surface area contributed by atoms with Crippen LogP contribution in [0.3, 0.4) is 0 Å². The van der Waals surface area contributed by atoms with Crippen LogP contribution in [0.2, 0.25) is 0 Å². The Morgan fingerprint density at radius 1 is 0.762 bits per heavy atom. The van der Waals surface area contributed by atoms with Gasteiger partial charge in [0.1, 0.15) is 0 Å². The van der Waals surface area contributed by atoms with Gasteiger partial charge in [0.05, 0.1) is 19.6 Å². The van der Waals surface area contributed by atoms with Gasteiger partial charge < -0.3 is 31.1 Å². The van der Waals surface area contributed by atoms with Crippen molar-refractivity contribution in [2.24, 2.45) is 5.73 Å². The molecule has 2 rings (SSSR count). The lowest BCUT2D eigenvalue weighted by Crippen LogP contribution is -2.49. The molecule has 10 heteroatoms. The van der Waals surface area contributed by atoms with E-state index in [4.69, 9.17) is 5.73 Å². The highest BCUT2D eigenvalue weighted by molar-refractivity contribution is 5.88. The molecule has 0 aliphatic carbocycles. The average molecular weight is 581 g/mol. The zero-order valence-corrected chi connectivity index (χ0v) is 25.4. The van der Waals surface area contributed by atoms with E-state index in [1.54, 1.807) is 4.90 Å². The van der Waals surface area contributed by atoms with Crippen molar-refractivity contribution in [1.82, 2.24) is 25.3 Å². The number of rotatable bonds is 20. The fraction of sp³-hybridized carbons (Fsp3) is 0.500. The molecule has 0 unspecified atom stereocenters. The van der Waals surface area contributed by atoms with E-state index >= 15 is 0 Å². The molecule has 42 heavy (non-hydrogen) atoms. The maximum Gasteiger partial charge on any atom is 0.242 e. The zero-order chi connectivity index (χ0) is 30.7. The van der Waals surface area contributed by atoms with Crippen LogP contribution in [-0.4, -0.2) is 104 Å². The van der Waals surface area contributed by atoms with E-state index in [1.807, 2.05) is 36.4 Å². The number of nitrogens with zero attached hydrogens (tertiary/aromatic N) is 3. The standard InChI is InChI=1S/C32H48N6O4/c1-4-36(5-2)20-12-21-37(25-32(42)38(24-30(33)40)22-19-35-26(3)39)31(41)23-34-18-17-29(27-13-8-6-9-14-27)28-15-10-7-11-16-28/h6-11,13-16,29,34H,4-5,12,17-25H2,1-3H3,(H2,33,40)(H,35,39). The average Bonchev–Trinajstić information content (AvgIpc) is 2.98. The molecular formula is C32H48N6O4. The predicted molar refractivity (Wildman–Crippen MR) is 166 cm³/mol. The summed E-state index contributed by atoms with van der Waals surface area (Å²) in [6.45, 7) is 9.18. The first-order valence-corrected chi connectivity index (χ1v) is 14.9. The van der Waals surface area contributed by atoms with Gasteiger partial charge in [-0.25, -0.2) is 0 Å². The topological polar surface area (TPSA) is 128 Å². The molecule has 2 aromatic rings. The van der Waals surface area contributed by atoms with Gasteiger partial charge in [-0.1, -0.05) is 74.5 Å². The first kappa shape index (κ1) is 34.4. The Morgan fingerprint density at radius 3 is 1.86 bits per heavy atom. The summed E-state index contributed by atoms with van der Waals surface area (Å²) in [5.41, 5.74) is 7.80. The molecule has 0 bridgehead atoms. The van der Waals surface area contributed by atoms with E-state index in [1.165, 1.54) is 23.0 Å². The second-order valence-electron chi connectivity index (χ2n) is 10.3. The van der Waals surface area contributed by atoms with Gasteiger partial charge in [0.25, 0.3) is 0 Å². The minimum absolute atomic E-state index is 0.0938. The van der Waals surface area contributed by atoms with Gasteiger partial charge in [-0.05, 0) is 50.1 Å². The molecule has 0 aliphatic rings. The lowest BCUT2D eigenvalue weighted by Gasteiger charge is -2.28. The molecule has 0 saturated heterocycles. The molecule has 0 radical (unpaired) electrons. The molecular weight excluding hydrogens is 532 g/mol. The van der Waals surface area contributed by atoms with E-state index in [9.17, 15) is 19.2 Å². The summed E-state index contributed by atoms with van der Waals surface area (Å²) in [7, 11) is 0. The van der Waals surface area contributed by atoms with Crippen LogP contribution < -0.4 is 16.4 Å². The number of amides is 4. The van der Waals surface area contributed by atoms with Crippen molar-refractivity contribution in [3.05, 3.63) is 71.8 Å². The van der Waals surface area contributed by atoms with Gasteiger partial charge in [-0.15, -0.1) is 0 Å². The fourth-order valence-corrected chi connectivity index (χ4v) is 4.88. The SMILES string of the molecule is CCN(CC)CCCN(CC(=O)N(CCNC(C)=O)CC(N)=O)C(=O)CNCCC(c1ccccc1)c1ccccc1. The van der Waals surface area contributed by atoms with E-state index in [2.05, 4.69) is 53.6 Å². The van der Waals surface area contributed by atoms with Crippen LogP contribution in [0.15, 0.2) is 60.7 Å². The van der Waals surface area contributed by atoms with E-state index < -0.39 is 5.91 Å². The van der Waals surface area contributed by atoms with Crippen molar-refractivity contribution in [3.8, 4) is 0 Å². The van der Waals surface area contributed by atoms with Crippen molar-refractivity contribution in [3.63, 3.8) is 0 Å². The summed E-state index contributed by atoms with van der Waals surface area (Å²) in [6.07, 6.45) is 1.52. The number of hydrogen-bond donors (Lipinski definition) is 3. The summed E-state index contributed by atoms with van der Waals surface area (Å²) in [6, 6.07) is 20.6. The maximum absolute atomic E-state index is 13.4. The molecule has 10 nitrogen and oxygen atoms in total. The van der Waals surface area contributed by atoms with Gasteiger partial charge in [-0.2, -0.15) is 0 Å². The van der Waals surface area contributed by atoms with E-state index in [-0.39, 0.29) is 56.4 Å². The highest BCUT2D eigenvalue weighted by Gasteiger charge is 2.22. The molecule has 0 atom stereocenters. The molecule has 4 N–H and O–H groups in total. The minimum Gasteiger partial charge on any atom is -0.368 e. The fourth-order valence-electron chi connectivity index (χ4n) is 4.88. The van der Waals surface area contributed by atoms with Gasteiger partial charge in [-0.3, -0.25) is 19.2 Å². The number of nitrogens with one attached hydrogen (secondary N) is 2. The summed E-state index contributed by atoms with van der Waals surface area (Å²) in [5.74, 6) is -1.27. The monoisotopic (exact) mass is 580 g/mol. The van der Waals surface area contributed by atoms with Crippen molar-refractivity contribution >= 4 is 23.6 Å². The van der Waals surface area contributed by atoms with Crippen LogP contribution in [0, 0.1) is 0 Å². The summed E-state index contributed by atoms with van der Waals surface area (Å²) < 4.78 is 0.